The number of nitrogens with two attached hydrogens (primary N) is 1. The Morgan fingerprint density at radius 3 is 2.86 bits per heavy atom. The van der Waals surface area contributed by atoms with E-state index in [-0.39, 0.29) is 0 Å². The van der Waals surface area contributed by atoms with Gasteiger partial charge >= 0.3 is 0 Å². The van der Waals surface area contributed by atoms with E-state index in [1.807, 2.05) is 31.2 Å². The Kier molecular flexibility index (Phi) is 2.41. The fourth-order valence-electron chi connectivity index (χ4n) is 1.51. The first-order valence-corrected chi connectivity index (χ1v) is 4.70. The molecule has 2 aromatic rings. The van der Waals surface area contributed by atoms with Crippen molar-refractivity contribution in [3.8, 4) is 5.75 Å². The number of benzene rings is 1. The van der Waals surface area contributed by atoms with Crippen molar-refractivity contribution in [2.24, 2.45) is 5.73 Å². The van der Waals surface area contributed by atoms with Crippen LogP contribution in [0.4, 0.5) is 0 Å². The number of fused-ring (bicyclic) bond motifs is 1. The Morgan fingerprint density at radius 1 is 1.36 bits per heavy atom. The molecule has 0 radical (unpaired) electrons. The minimum absolute atomic E-state index is 0.365. The van der Waals surface area contributed by atoms with Crippen molar-refractivity contribution in [3.63, 3.8) is 0 Å². The van der Waals surface area contributed by atoms with Gasteiger partial charge in [0.05, 0.1) is 18.5 Å². The highest BCUT2D eigenvalue weighted by Crippen LogP contribution is 2.32. The van der Waals surface area contributed by atoms with Gasteiger partial charge < -0.3 is 14.9 Å². The largest absolute Gasteiger partial charge is 0.489 e. The number of para-hydroxylation sites is 1. The fraction of sp³-hybridized carbons (Fsp3) is 0.273. The molecule has 0 saturated carbocycles. The standard InChI is InChI=1S/C11H13NO2/c1-2-13-11-8-5-3-4-6-9(8)14-10(11)7-12/h3-6H,2,7,12H2,1H3. The van der Waals surface area contributed by atoms with Crippen LogP contribution < -0.4 is 10.5 Å². The molecule has 0 bridgehead atoms. The second kappa shape index (κ2) is 3.72. The average molecular weight is 191 g/mol. The van der Waals surface area contributed by atoms with Crippen LogP contribution in [0.2, 0.25) is 0 Å². The minimum Gasteiger partial charge on any atom is -0.489 e. The summed E-state index contributed by atoms with van der Waals surface area (Å²) in [4.78, 5) is 0. The topological polar surface area (TPSA) is 48.4 Å². The van der Waals surface area contributed by atoms with E-state index >= 15 is 0 Å². The molecule has 0 fully saturated rings. The molecule has 2 N–H and O–H groups in total. The molecule has 0 aliphatic rings. The fourth-order valence-corrected chi connectivity index (χ4v) is 1.51. The van der Waals surface area contributed by atoms with Crippen LogP contribution in [0.25, 0.3) is 11.0 Å². The van der Waals surface area contributed by atoms with Gasteiger partial charge in [0.1, 0.15) is 5.58 Å². The summed E-state index contributed by atoms with van der Waals surface area (Å²) in [7, 11) is 0. The van der Waals surface area contributed by atoms with Crippen LogP contribution >= 0.6 is 0 Å². The Morgan fingerprint density at radius 2 is 2.14 bits per heavy atom. The molecule has 1 aromatic heterocycles. The molecule has 1 aromatic carbocycles. The van der Waals surface area contributed by atoms with Crippen LogP contribution in [-0.2, 0) is 6.54 Å². The lowest BCUT2D eigenvalue weighted by molar-refractivity contribution is 0.331. The summed E-state index contributed by atoms with van der Waals surface area (Å²) in [5, 5.41) is 0.995. The van der Waals surface area contributed by atoms with Crippen LogP contribution in [0.5, 0.6) is 5.75 Å². The second-order valence-electron chi connectivity index (χ2n) is 2.99. The van der Waals surface area contributed by atoms with Gasteiger partial charge in [-0.25, -0.2) is 0 Å². The van der Waals surface area contributed by atoms with Gasteiger partial charge in [-0.15, -0.1) is 0 Å². The predicted molar refractivity (Wildman–Crippen MR) is 55.3 cm³/mol. The first kappa shape index (κ1) is 9.09. The summed E-state index contributed by atoms with van der Waals surface area (Å²) in [5.41, 5.74) is 6.40. The maximum absolute atomic E-state index is 5.57. The molecular weight excluding hydrogens is 178 g/mol. The van der Waals surface area contributed by atoms with E-state index in [0.717, 1.165) is 16.7 Å². The van der Waals surface area contributed by atoms with E-state index in [0.29, 0.717) is 18.9 Å². The zero-order chi connectivity index (χ0) is 9.97. The van der Waals surface area contributed by atoms with Crippen LogP contribution in [-0.4, -0.2) is 6.61 Å². The first-order valence-electron chi connectivity index (χ1n) is 4.70. The molecule has 0 unspecified atom stereocenters. The van der Waals surface area contributed by atoms with E-state index in [9.17, 15) is 0 Å². The third-order valence-electron chi connectivity index (χ3n) is 2.09. The van der Waals surface area contributed by atoms with Crippen LogP contribution in [0.15, 0.2) is 28.7 Å². The lowest BCUT2D eigenvalue weighted by Crippen LogP contribution is -1.99. The van der Waals surface area contributed by atoms with Crippen LogP contribution in [0.3, 0.4) is 0 Å². The van der Waals surface area contributed by atoms with Gasteiger partial charge in [0, 0.05) is 0 Å². The van der Waals surface area contributed by atoms with Gasteiger partial charge in [-0.2, -0.15) is 0 Å². The highest BCUT2D eigenvalue weighted by molar-refractivity contribution is 5.85. The Labute approximate surface area is 82.5 Å². The van der Waals surface area contributed by atoms with Crippen molar-refractivity contribution in [1.29, 1.82) is 0 Å². The molecule has 3 nitrogen and oxygen atoms in total. The van der Waals surface area contributed by atoms with E-state index in [1.165, 1.54) is 0 Å². The molecule has 0 spiro atoms. The molecule has 1 heterocycles. The summed E-state index contributed by atoms with van der Waals surface area (Å²) in [6.45, 7) is 2.93. The van der Waals surface area contributed by atoms with Gasteiger partial charge in [0.15, 0.2) is 11.5 Å². The molecule has 2 rings (SSSR count). The highest BCUT2D eigenvalue weighted by atomic mass is 16.5. The number of rotatable bonds is 3. The zero-order valence-electron chi connectivity index (χ0n) is 8.12. The minimum atomic E-state index is 0.365. The summed E-state index contributed by atoms with van der Waals surface area (Å²) in [5.74, 6) is 1.50. The van der Waals surface area contributed by atoms with Crippen LogP contribution in [0, 0.1) is 0 Å². The molecular formula is C11H13NO2. The Bertz CT molecular complexity index is 434. The summed E-state index contributed by atoms with van der Waals surface area (Å²) >= 11 is 0. The number of ether oxygens (including phenoxy) is 1. The van der Waals surface area contributed by atoms with E-state index < -0.39 is 0 Å². The van der Waals surface area contributed by atoms with Gasteiger partial charge in [0.25, 0.3) is 0 Å². The SMILES string of the molecule is CCOc1c(CN)oc2ccccc12. The third kappa shape index (κ3) is 1.36. The van der Waals surface area contributed by atoms with Crippen molar-refractivity contribution < 1.29 is 9.15 Å². The maximum Gasteiger partial charge on any atom is 0.169 e. The Hall–Kier alpha value is -1.48. The predicted octanol–water partition coefficient (Wildman–Crippen LogP) is 2.29. The summed E-state index contributed by atoms with van der Waals surface area (Å²) < 4.78 is 11.1. The van der Waals surface area contributed by atoms with E-state index in [1.54, 1.807) is 0 Å². The van der Waals surface area contributed by atoms with E-state index in [2.05, 4.69) is 0 Å². The molecule has 0 aliphatic carbocycles. The smallest absolute Gasteiger partial charge is 0.169 e. The van der Waals surface area contributed by atoms with Crippen molar-refractivity contribution in [3.05, 3.63) is 30.0 Å². The molecule has 74 valence electrons. The van der Waals surface area contributed by atoms with Crippen molar-refractivity contribution in [2.75, 3.05) is 6.61 Å². The molecule has 3 heteroatoms. The molecule has 0 saturated heterocycles. The lowest BCUT2D eigenvalue weighted by atomic mass is 10.2. The van der Waals surface area contributed by atoms with Crippen LogP contribution in [0.1, 0.15) is 12.7 Å². The molecule has 0 aliphatic heterocycles. The molecule has 14 heavy (non-hydrogen) atoms. The van der Waals surface area contributed by atoms with Gasteiger partial charge in [-0.1, -0.05) is 12.1 Å². The monoisotopic (exact) mass is 191 g/mol. The third-order valence-corrected chi connectivity index (χ3v) is 2.09. The van der Waals surface area contributed by atoms with E-state index in [4.69, 9.17) is 14.9 Å². The van der Waals surface area contributed by atoms with Gasteiger partial charge in [0.2, 0.25) is 0 Å². The van der Waals surface area contributed by atoms with Crippen molar-refractivity contribution in [1.82, 2.24) is 0 Å². The highest BCUT2D eigenvalue weighted by Gasteiger charge is 2.12. The maximum atomic E-state index is 5.57. The zero-order valence-corrected chi connectivity index (χ0v) is 8.12. The first-order chi connectivity index (χ1) is 6.86. The lowest BCUT2D eigenvalue weighted by Gasteiger charge is -2.01. The number of hydrogen-bond acceptors (Lipinski definition) is 3. The van der Waals surface area contributed by atoms with Gasteiger partial charge in [-0.3, -0.25) is 0 Å². The van der Waals surface area contributed by atoms with Crippen molar-refractivity contribution >= 4 is 11.0 Å². The summed E-state index contributed by atoms with van der Waals surface area (Å²) in [6, 6.07) is 7.78. The quantitative estimate of drug-likeness (QED) is 0.809. The van der Waals surface area contributed by atoms with Crippen molar-refractivity contribution in [2.45, 2.75) is 13.5 Å². The second-order valence-corrected chi connectivity index (χ2v) is 2.99. The average Bonchev–Trinajstić information content (AvgIpc) is 2.58. The number of hydrogen-bond donors (Lipinski definition) is 1. The summed E-state index contributed by atoms with van der Waals surface area (Å²) in [6.07, 6.45) is 0. The molecule has 0 amide bonds. The molecule has 0 atom stereocenters. The Balaban J connectivity index is 2.61. The normalized spacial score (nSPS) is 10.7. The van der Waals surface area contributed by atoms with Gasteiger partial charge in [-0.05, 0) is 19.1 Å². The number of furan rings is 1.